The number of aromatic nitrogens is 2. The Balaban J connectivity index is 1.51. The lowest BCUT2D eigenvalue weighted by molar-refractivity contribution is 0.0994. The number of nitrogens with one attached hydrogen (secondary N) is 1. The number of morpholine rings is 1. The Morgan fingerprint density at radius 3 is 2.30 bits per heavy atom. The molecule has 8 heteroatoms. The van der Waals surface area contributed by atoms with E-state index < -0.39 is 11.9 Å². The molecule has 1 saturated heterocycles. The van der Waals surface area contributed by atoms with E-state index >= 15 is 0 Å². The molecule has 0 spiro atoms. The lowest BCUT2D eigenvalue weighted by atomic mass is 9.88. The maximum absolute atomic E-state index is 14.1. The molecule has 1 N–H and O–H groups in total. The normalized spacial score (nSPS) is 13.9. The second-order valence-electron chi connectivity index (χ2n) is 8.47. The van der Waals surface area contributed by atoms with Crippen LogP contribution in [0.25, 0.3) is 0 Å². The summed E-state index contributed by atoms with van der Waals surface area (Å²) < 4.78 is 25.2. The molecule has 0 saturated carbocycles. The molecule has 33 heavy (non-hydrogen) atoms. The van der Waals surface area contributed by atoms with Crippen molar-refractivity contribution in [2.75, 3.05) is 36.5 Å². The zero-order valence-corrected chi connectivity index (χ0v) is 19.7. The summed E-state index contributed by atoms with van der Waals surface area (Å²) >= 11 is 0. The van der Waals surface area contributed by atoms with Gasteiger partial charge < -0.3 is 14.1 Å². The van der Waals surface area contributed by atoms with Crippen LogP contribution in [0.2, 0.25) is 0 Å². The number of hydrogen-bond donors (Lipinski definition) is 1. The molecule has 0 aliphatic carbocycles. The van der Waals surface area contributed by atoms with E-state index in [1.807, 2.05) is 4.90 Å². The van der Waals surface area contributed by atoms with E-state index in [-0.39, 0.29) is 11.7 Å². The molecule has 7 nitrogen and oxygen atoms in total. The molecule has 174 valence electrons. The van der Waals surface area contributed by atoms with Gasteiger partial charge in [-0.25, -0.2) is 0 Å². The van der Waals surface area contributed by atoms with Crippen LogP contribution in [-0.4, -0.2) is 42.2 Å². The van der Waals surface area contributed by atoms with Gasteiger partial charge in [-0.1, -0.05) is 0 Å². The van der Waals surface area contributed by atoms with Gasteiger partial charge in [0.05, 0.1) is 13.2 Å². The third-order valence-electron chi connectivity index (χ3n) is 6.63. The highest BCUT2D eigenvalue weighted by Crippen LogP contribution is 2.28. The van der Waals surface area contributed by atoms with Crippen molar-refractivity contribution in [3.8, 4) is 0 Å². The van der Waals surface area contributed by atoms with E-state index in [4.69, 9.17) is 9.15 Å². The van der Waals surface area contributed by atoms with Gasteiger partial charge in [-0.15, -0.1) is 0 Å². The summed E-state index contributed by atoms with van der Waals surface area (Å²) in [5, 5.41) is 2.55. The summed E-state index contributed by atoms with van der Waals surface area (Å²) in [4.78, 5) is 22.6. The first-order chi connectivity index (χ1) is 15.7. The number of ether oxygens (including phenoxy) is 1. The largest absolute Gasteiger partial charge is 0.456 e. The number of rotatable bonds is 5. The third-order valence-corrected chi connectivity index (χ3v) is 6.63. The average molecular weight is 453 g/mol. The molecule has 1 aromatic carbocycles. The Morgan fingerprint density at radius 2 is 1.64 bits per heavy atom. The summed E-state index contributed by atoms with van der Waals surface area (Å²) in [6.45, 7) is 12.9. The number of nitrogens with zero attached hydrogens (tertiary/aromatic N) is 3. The highest BCUT2D eigenvalue weighted by molar-refractivity contribution is 6.01. The van der Waals surface area contributed by atoms with Crippen LogP contribution >= 0.6 is 0 Å². The van der Waals surface area contributed by atoms with Crippen molar-refractivity contribution < 1.29 is 18.3 Å². The van der Waals surface area contributed by atoms with Gasteiger partial charge in [-0.2, -0.15) is 14.4 Å². The van der Waals surface area contributed by atoms with Crippen molar-refractivity contribution in [1.82, 2.24) is 9.97 Å². The third kappa shape index (κ3) is 4.75. The molecule has 0 bridgehead atoms. The van der Waals surface area contributed by atoms with Crippen LogP contribution < -0.4 is 10.2 Å². The van der Waals surface area contributed by atoms with Crippen molar-refractivity contribution in [2.45, 2.75) is 41.0 Å². The number of hydrogen-bond acceptors (Lipinski definition) is 6. The minimum absolute atomic E-state index is 0.101. The number of furan rings is 1. The van der Waals surface area contributed by atoms with Gasteiger partial charge in [0.15, 0.2) is 5.76 Å². The second-order valence-corrected chi connectivity index (χ2v) is 8.47. The Bertz CT molecular complexity index is 1170. The SMILES string of the molecule is Cc1c(C)c(C)c(Cc2ccc(C(=O)Nc3nc(F)cc(N4CCOCC4)n3)o2)c(C)c1C. The minimum atomic E-state index is -0.710. The smallest absolute Gasteiger partial charge is 0.293 e. The molecule has 0 radical (unpaired) electrons. The predicted molar refractivity (Wildman–Crippen MR) is 125 cm³/mol. The number of carbonyl (C=O) groups excluding carboxylic acids is 1. The van der Waals surface area contributed by atoms with Crippen molar-refractivity contribution in [2.24, 2.45) is 0 Å². The maximum atomic E-state index is 14.1. The topological polar surface area (TPSA) is 80.5 Å². The number of halogens is 1. The van der Waals surface area contributed by atoms with Gasteiger partial charge >= 0.3 is 0 Å². The van der Waals surface area contributed by atoms with Gasteiger partial charge in [0, 0.05) is 25.6 Å². The van der Waals surface area contributed by atoms with Gasteiger partial charge in [0.2, 0.25) is 11.9 Å². The molecule has 1 fully saturated rings. The molecule has 0 unspecified atom stereocenters. The molecule has 3 aromatic rings. The van der Waals surface area contributed by atoms with Crippen LogP contribution in [0.1, 0.15) is 49.7 Å². The predicted octanol–water partition coefficient (Wildman–Crippen LogP) is 4.43. The van der Waals surface area contributed by atoms with Gasteiger partial charge in [-0.05, 0) is 80.1 Å². The van der Waals surface area contributed by atoms with Crippen LogP contribution in [-0.2, 0) is 11.2 Å². The fourth-order valence-electron chi connectivity index (χ4n) is 4.19. The Kier molecular flexibility index (Phi) is 6.47. The molecule has 1 aliphatic rings. The molecule has 1 aliphatic heterocycles. The van der Waals surface area contributed by atoms with Crippen LogP contribution in [0.5, 0.6) is 0 Å². The van der Waals surface area contributed by atoms with Crippen LogP contribution in [0.3, 0.4) is 0 Å². The van der Waals surface area contributed by atoms with Gasteiger partial charge in [0.1, 0.15) is 11.6 Å². The van der Waals surface area contributed by atoms with Crippen molar-refractivity contribution in [3.63, 3.8) is 0 Å². The summed E-state index contributed by atoms with van der Waals surface area (Å²) in [6, 6.07) is 4.66. The summed E-state index contributed by atoms with van der Waals surface area (Å²) in [5.74, 6) is -0.111. The van der Waals surface area contributed by atoms with Crippen molar-refractivity contribution >= 4 is 17.7 Å². The van der Waals surface area contributed by atoms with E-state index in [9.17, 15) is 9.18 Å². The fourth-order valence-corrected chi connectivity index (χ4v) is 4.19. The lowest BCUT2D eigenvalue weighted by Gasteiger charge is -2.27. The van der Waals surface area contributed by atoms with Crippen LogP contribution in [0, 0.1) is 40.6 Å². The molecule has 4 rings (SSSR count). The van der Waals surface area contributed by atoms with E-state index in [1.54, 1.807) is 12.1 Å². The van der Waals surface area contributed by atoms with E-state index in [2.05, 4.69) is 49.9 Å². The first-order valence-electron chi connectivity index (χ1n) is 11.1. The first-order valence-corrected chi connectivity index (χ1v) is 11.1. The standard InChI is InChI=1S/C25H29FN4O3/c1-14-15(2)17(4)20(18(5)16(14)3)12-19-6-7-21(33-19)24(31)29-25-27-22(26)13-23(28-25)30-8-10-32-11-9-30/h6-7,13H,8-12H2,1-5H3,(H,27,28,29,31). The second kappa shape index (κ2) is 9.31. The van der Waals surface area contributed by atoms with E-state index in [0.717, 1.165) is 0 Å². The molecular weight excluding hydrogens is 423 g/mol. The molecule has 2 aromatic heterocycles. The van der Waals surface area contributed by atoms with Crippen molar-refractivity contribution in [3.05, 3.63) is 69.0 Å². The summed E-state index contributed by atoms with van der Waals surface area (Å²) in [5.41, 5.74) is 7.54. The Hall–Kier alpha value is -3.26. The molecule has 0 atom stereocenters. The highest BCUT2D eigenvalue weighted by Gasteiger charge is 2.19. The van der Waals surface area contributed by atoms with Crippen LogP contribution in [0.4, 0.5) is 16.2 Å². The van der Waals surface area contributed by atoms with Gasteiger partial charge in [0.25, 0.3) is 5.91 Å². The van der Waals surface area contributed by atoms with Crippen molar-refractivity contribution in [1.29, 1.82) is 0 Å². The Labute approximate surface area is 193 Å². The first kappa shape index (κ1) is 22.9. The summed E-state index contributed by atoms with van der Waals surface area (Å²) in [7, 11) is 0. The quantitative estimate of drug-likeness (QED) is 0.577. The van der Waals surface area contributed by atoms with Gasteiger partial charge in [-0.3, -0.25) is 10.1 Å². The number of carbonyl (C=O) groups is 1. The maximum Gasteiger partial charge on any atom is 0.293 e. The molecule has 3 heterocycles. The number of benzene rings is 1. The van der Waals surface area contributed by atoms with Crippen LogP contribution in [0.15, 0.2) is 22.6 Å². The average Bonchev–Trinajstić information content (AvgIpc) is 3.28. The zero-order valence-electron chi connectivity index (χ0n) is 19.7. The molecule has 1 amide bonds. The number of anilines is 2. The highest BCUT2D eigenvalue weighted by atomic mass is 19.1. The van der Waals surface area contributed by atoms with E-state index in [1.165, 1.54) is 39.4 Å². The fraction of sp³-hybridized carbons (Fsp3) is 0.400. The lowest BCUT2D eigenvalue weighted by Crippen LogP contribution is -2.37. The monoisotopic (exact) mass is 452 g/mol. The van der Waals surface area contributed by atoms with E-state index in [0.29, 0.717) is 44.3 Å². The molecular formula is C25H29FN4O3. The summed E-state index contributed by atoms with van der Waals surface area (Å²) in [6.07, 6.45) is 0.588. The zero-order chi connectivity index (χ0) is 23.7. The number of amides is 1. The Morgan fingerprint density at radius 1 is 1.00 bits per heavy atom. The minimum Gasteiger partial charge on any atom is -0.456 e.